The number of piperazine rings is 2. The van der Waals surface area contributed by atoms with E-state index in [-0.39, 0.29) is 85.4 Å². The Morgan fingerprint density at radius 1 is 0.433 bits per heavy atom. The molecule has 90 heavy (non-hydrogen) atoms. The number of likely N-dealkylation sites (N-methyl/N-ethyl adjacent to an activating group) is 4. The summed E-state index contributed by atoms with van der Waals surface area (Å²) in [5.41, 5.74) is 1.48. The second kappa shape index (κ2) is 33.4. The Labute approximate surface area is 534 Å². The third kappa shape index (κ3) is 20.0. The predicted octanol–water partition coefficient (Wildman–Crippen LogP) is 3.66. The van der Waals surface area contributed by atoms with Crippen LogP contribution in [0.4, 0.5) is 11.4 Å². The Hall–Kier alpha value is -6.90. The van der Waals surface area contributed by atoms with Crippen LogP contribution >= 0.6 is 0 Å². The van der Waals surface area contributed by atoms with Gasteiger partial charge in [-0.2, -0.15) is 16.8 Å². The molecule has 0 bridgehead atoms. The first-order chi connectivity index (χ1) is 42.2. The van der Waals surface area contributed by atoms with Crippen molar-refractivity contribution in [3.05, 3.63) is 59.7 Å². The number of carbonyl (C=O) groups is 8. The van der Waals surface area contributed by atoms with E-state index in [1.54, 1.807) is 71.8 Å². The van der Waals surface area contributed by atoms with E-state index in [0.717, 1.165) is 9.80 Å². The summed E-state index contributed by atoms with van der Waals surface area (Å²) < 4.78 is 79.4. The van der Waals surface area contributed by atoms with Crippen LogP contribution in [0.25, 0.3) is 0 Å². The zero-order valence-corrected chi connectivity index (χ0v) is 57.0. The van der Waals surface area contributed by atoms with Gasteiger partial charge in [0.25, 0.3) is 11.8 Å². The number of hydrogen-bond acceptors (Lipinski definition) is 20. The molecular weight excluding hydrogens is 1200 g/mol. The number of esters is 4. The van der Waals surface area contributed by atoms with Crippen molar-refractivity contribution in [3.63, 3.8) is 0 Å². The quantitative estimate of drug-likeness (QED) is 0.113. The Morgan fingerprint density at radius 3 is 0.956 bits per heavy atom. The molecule has 3 heterocycles. The molecule has 0 N–H and O–H groups in total. The first kappa shape index (κ1) is 73.8. The van der Waals surface area contributed by atoms with Gasteiger partial charge < -0.3 is 48.3 Å². The van der Waals surface area contributed by atoms with Gasteiger partial charge in [-0.3, -0.25) is 38.6 Å². The number of amides is 4. The first-order valence-corrected chi connectivity index (χ1v) is 33.3. The van der Waals surface area contributed by atoms with Crippen LogP contribution in [0.3, 0.4) is 0 Å². The number of hydrogen-bond donors (Lipinski definition) is 0. The fourth-order valence-electron chi connectivity index (χ4n) is 11.6. The highest BCUT2D eigenvalue weighted by Gasteiger charge is 2.44. The molecule has 4 amide bonds. The second-order valence-electron chi connectivity index (χ2n) is 25.8. The van der Waals surface area contributed by atoms with E-state index in [1.165, 1.54) is 52.2 Å². The third-order valence-electron chi connectivity index (χ3n) is 16.5. The molecule has 3 aliphatic rings. The van der Waals surface area contributed by atoms with Crippen molar-refractivity contribution in [3.8, 4) is 0 Å². The van der Waals surface area contributed by atoms with Crippen molar-refractivity contribution in [2.24, 2.45) is 23.7 Å². The van der Waals surface area contributed by atoms with E-state index in [1.807, 2.05) is 65.2 Å². The average Bonchev–Trinajstić information content (AvgIpc) is 1.26. The van der Waals surface area contributed by atoms with Crippen molar-refractivity contribution >= 4 is 89.2 Å². The van der Waals surface area contributed by atoms with Gasteiger partial charge >= 0.3 is 23.9 Å². The molecule has 0 aliphatic carbocycles. The van der Waals surface area contributed by atoms with Crippen LogP contribution < -0.4 is 9.80 Å². The Kier molecular flexibility index (Phi) is 27.4. The first-order valence-electron chi connectivity index (χ1n) is 31.1. The summed E-state index contributed by atoms with van der Waals surface area (Å²) in [6, 6.07) is 7.55. The lowest BCUT2D eigenvalue weighted by molar-refractivity contribution is -0.168. The largest absolute Gasteiger partial charge is 0.460 e. The zero-order chi connectivity index (χ0) is 67.2. The molecule has 8 unspecified atom stereocenters. The molecule has 3 fully saturated rings. The minimum Gasteiger partial charge on any atom is -0.460 e. The zero-order valence-electron chi connectivity index (χ0n) is 55.4. The van der Waals surface area contributed by atoms with Gasteiger partial charge in [0, 0.05) is 105 Å². The molecule has 0 aromatic heterocycles. The standard InChI is InChI=1S/C64H96N8O16S2/c1-39(2)33-51-61(77)87-55(57(89(81)82)47-17-21-49(22-18-47)71-29-25-69(26-30-71)45(11)73)59(75)67(15)54(36-42(7)8)64(80)86-44(10)38-66(14)52(34-40(3)4)62(78)88-56(60(76)68(16)53(35-41(5)6)63(79)85-43(9)37-65(51)13)58(90(83)84)48-19-23-50(24-20-48)72-31-27-70(28-32-72)46(12)74/h17-24,39-44,51-56H,25-38H2,1-16H3. The highest BCUT2D eigenvalue weighted by atomic mass is 32.2. The normalized spacial score (nSPS) is 24.2. The van der Waals surface area contributed by atoms with Crippen LogP contribution in [-0.2, 0) is 77.9 Å². The molecule has 2 aromatic rings. The number of nitrogens with zero attached hydrogens (tertiary/aromatic N) is 8. The van der Waals surface area contributed by atoms with Gasteiger partial charge in [0.1, 0.15) is 46.1 Å². The van der Waals surface area contributed by atoms with Gasteiger partial charge in [-0.15, -0.1) is 0 Å². The Bertz CT molecular complexity index is 2930. The lowest BCUT2D eigenvalue weighted by atomic mass is 9.99. The van der Waals surface area contributed by atoms with E-state index in [2.05, 4.69) is 0 Å². The molecule has 24 nitrogen and oxygen atoms in total. The van der Waals surface area contributed by atoms with Crippen LogP contribution in [0.1, 0.15) is 120 Å². The van der Waals surface area contributed by atoms with Crippen molar-refractivity contribution in [1.29, 1.82) is 0 Å². The molecule has 2 aromatic carbocycles. The summed E-state index contributed by atoms with van der Waals surface area (Å²) in [4.78, 5) is 126. The summed E-state index contributed by atoms with van der Waals surface area (Å²) in [6.07, 6.45) is -6.11. The lowest BCUT2D eigenvalue weighted by Crippen LogP contribution is -2.55. The number of carbonyl (C=O) groups excluding carboxylic acids is 8. The number of benzene rings is 2. The monoisotopic (exact) mass is 1300 g/mol. The highest BCUT2D eigenvalue weighted by Crippen LogP contribution is 2.27. The summed E-state index contributed by atoms with van der Waals surface area (Å²) >= 11 is 0. The number of anilines is 2. The molecule has 5 rings (SSSR count). The summed E-state index contributed by atoms with van der Waals surface area (Å²) in [7, 11) is -0.718. The maximum absolute atomic E-state index is 15.3. The minimum absolute atomic E-state index is 0.00591. The van der Waals surface area contributed by atoms with Crippen LogP contribution in [-0.4, -0.2) is 246 Å². The third-order valence-corrected chi connectivity index (χ3v) is 18.1. The molecule has 0 radical (unpaired) electrons. The van der Waals surface area contributed by atoms with Crippen molar-refractivity contribution in [1.82, 2.24) is 29.4 Å². The average molecular weight is 1300 g/mol. The highest BCUT2D eigenvalue weighted by molar-refractivity contribution is 7.74. The molecular formula is C64H96N8O16S2. The SMILES string of the molecule is CC(=O)N1CCN(c2ccc(C(C3OC(=O)C(CC(C)C)N(C)CC(C)OC(=O)C(CC(C)C)N(C)C(=O)C(C(c4ccc(N5CCN(C(C)=O)CC5)cc4)=S(=O)=O)OC(=O)C(CC(C)C)N(C)CC(C)OC(=O)C(CC(C)C)N(C)C3=O)=S(=O)=O)cc2)CC1. The van der Waals surface area contributed by atoms with Crippen LogP contribution in [0.2, 0.25) is 0 Å². The molecule has 8 atom stereocenters. The summed E-state index contributed by atoms with van der Waals surface area (Å²) in [5, 5.41) is 0. The van der Waals surface area contributed by atoms with Crippen LogP contribution in [0.15, 0.2) is 48.5 Å². The fourth-order valence-corrected chi connectivity index (χ4v) is 12.9. The van der Waals surface area contributed by atoms with Gasteiger partial charge in [0.15, 0.2) is 0 Å². The molecule has 500 valence electrons. The van der Waals surface area contributed by atoms with Gasteiger partial charge in [-0.05, 0) is 113 Å². The van der Waals surface area contributed by atoms with Gasteiger partial charge in [-0.1, -0.05) is 79.7 Å². The molecule has 26 heteroatoms. The summed E-state index contributed by atoms with van der Waals surface area (Å²) in [5.74, 6) is -6.92. The van der Waals surface area contributed by atoms with E-state index < -0.39 is 115 Å². The smallest absolute Gasteiger partial charge is 0.329 e. The van der Waals surface area contributed by atoms with E-state index >= 15 is 9.59 Å². The van der Waals surface area contributed by atoms with Gasteiger partial charge in [-0.25, -0.2) is 9.59 Å². The minimum atomic E-state index is -3.22. The van der Waals surface area contributed by atoms with Gasteiger partial charge in [0.2, 0.25) is 44.6 Å². The molecule has 0 saturated carbocycles. The van der Waals surface area contributed by atoms with E-state index in [9.17, 15) is 45.6 Å². The fraction of sp³-hybridized carbons (Fsp3) is 0.656. The van der Waals surface area contributed by atoms with Gasteiger partial charge in [0.05, 0.1) is 0 Å². The van der Waals surface area contributed by atoms with Crippen molar-refractivity contribution in [2.45, 2.75) is 157 Å². The maximum atomic E-state index is 15.3. The van der Waals surface area contributed by atoms with E-state index in [0.29, 0.717) is 63.7 Å². The molecule has 3 saturated heterocycles. The van der Waals surface area contributed by atoms with Crippen molar-refractivity contribution < 1.29 is 74.1 Å². The molecule has 0 spiro atoms. The number of ether oxygens (including phenoxy) is 4. The maximum Gasteiger partial charge on any atom is 0.329 e. The van der Waals surface area contributed by atoms with E-state index in [4.69, 9.17) is 18.9 Å². The Morgan fingerprint density at radius 2 is 0.700 bits per heavy atom. The lowest BCUT2D eigenvalue weighted by Gasteiger charge is -2.36. The van der Waals surface area contributed by atoms with Crippen LogP contribution in [0, 0.1) is 23.7 Å². The van der Waals surface area contributed by atoms with Crippen molar-refractivity contribution in [2.75, 3.05) is 103 Å². The predicted molar refractivity (Wildman–Crippen MR) is 343 cm³/mol. The number of rotatable bonds is 14. The number of cyclic esters (lactones) is 4. The second-order valence-corrected chi connectivity index (χ2v) is 27.6. The summed E-state index contributed by atoms with van der Waals surface area (Å²) in [6.45, 7) is 24.4. The molecule has 3 aliphatic heterocycles. The Balaban J connectivity index is 1.64. The van der Waals surface area contributed by atoms with Crippen LogP contribution in [0.5, 0.6) is 0 Å². The topological polar surface area (TPSA) is 268 Å².